The molecule has 8 N–H and O–H groups in total. The number of hydrogen-bond acceptors (Lipinski definition) is 20. The normalized spacial score (nSPS) is 30.2. The number of nitrogens with one attached hydrogen (secondary N) is 2. The van der Waals surface area contributed by atoms with Gasteiger partial charge in [-0.1, -0.05) is 14.9 Å². The molecule has 4 unspecified atom stereocenters. The van der Waals surface area contributed by atoms with Crippen LogP contribution in [0.15, 0.2) is 13.2 Å². The number of esters is 4. The molecule has 2 aliphatic heterocycles. The molecule has 6 rings (SSSR count). The van der Waals surface area contributed by atoms with Gasteiger partial charge in [0.1, 0.15) is 22.8 Å². The van der Waals surface area contributed by atoms with E-state index in [-0.39, 0.29) is 88.7 Å². The third-order valence-electron chi connectivity index (χ3n) is 17.2. The summed E-state index contributed by atoms with van der Waals surface area (Å²) in [5.74, 6) is -6.66. The Bertz CT molecular complexity index is 2110. The molecule has 2 saturated heterocycles. The lowest BCUT2D eigenvalue weighted by atomic mass is 9.67. The number of ketones is 2. The van der Waals surface area contributed by atoms with E-state index < -0.39 is 93.6 Å². The molecule has 12 atom stereocenters. The van der Waals surface area contributed by atoms with Gasteiger partial charge in [-0.15, -0.1) is 13.2 Å². The average Bonchev–Trinajstić information content (AvgIpc) is 1.20. The lowest BCUT2D eigenvalue weighted by Gasteiger charge is -2.45. The van der Waals surface area contributed by atoms with Crippen molar-refractivity contribution in [1.82, 2.24) is 11.0 Å². The number of ether oxygens (including phenoxy) is 6. The molecule has 4 saturated carbocycles. The summed E-state index contributed by atoms with van der Waals surface area (Å²) in [6.45, 7) is 25.2. The first-order chi connectivity index (χ1) is 39.9. The summed E-state index contributed by atoms with van der Waals surface area (Å²) in [6.07, 6.45) is 15.0. The van der Waals surface area contributed by atoms with E-state index >= 15 is 0 Å². The number of carbonyl (C=O) groups excluding carboxylic acids is 8. The van der Waals surface area contributed by atoms with Crippen LogP contribution in [0.4, 0.5) is 0 Å². The maximum absolute atomic E-state index is 12.6. The van der Waals surface area contributed by atoms with Gasteiger partial charge in [-0.2, -0.15) is 0 Å². The minimum atomic E-state index is -1.05. The number of rotatable bonds is 17. The zero-order chi connectivity index (χ0) is 64.4. The number of aliphatic hydroxyl groups excluding tert-OH is 2. The second kappa shape index (κ2) is 39.0. The van der Waals surface area contributed by atoms with Gasteiger partial charge in [-0.05, 0) is 217 Å². The van der Waals surface area contributed by atoms with Crippen LogP contribution in [0.3, 0.4) is 0 Å². The topological polar surface area (TPSA) is 337 Å². The second-order valence-electron chi connectivity index (χ2n) is 26.0. The van der Waals surface area contributed by atoms with Gasteiger partial charge in [0.2, 0.25) is 11.8 Å². The number of unbranched alkanes of at least 4 members (excludes halogenated alkanes) is 1. The van der Waals surface area contributed by atoms with Crippen LogP contribution in [0.2, 0.25) is 0 Å². The second-order valence-corrected chi connectivity index (χ2v) is 26.0. The van der Waals surface area contributed by atoms with Crippen molar-refractivity contribution in [1.29, 1.82) is 0 Å². The molecule has 0 radical (unpaired) electrons. The van der Waals surface area contributed by atoms with Crippen LogP contribution in [-0.4, -0.2) is 151 Å². The van der Waals surface area contributed by atoms with E-state index in [2.05, 4.69) is 13.2 Å². The van der Waals surface area contributed by atoms with Crippen molar-refractivity contribution in [3.05, 3.63) is 13.2 Å². The van der Waals surface area contributed by atoms with Gasteiger partial charge in [0.05, 0.1) is 65.2 Å². The number of amides is 2. The van der Waals surface area contributed by atoms with E-state index in [1.165, 1.54) is 13.8 Å². The number of Topliss-reactive ketones (excluding diaryl/α,β-unsaturated/α-hetero) is 2. The predicted molar refractivity (Wildman–Crippen MR) is 326 cm³/mol. The summed E-state index contributed by atoms with van der Waals surface area (Å²) in [6, 6.07) is 0. The highest BCUT2D eigenvalue weighted by atomic mass is 16.6. The zero-order valence-electron chi connectivity index (χ0n) is 52.9. The van der Waals surface area contributed by atoms with Gasteiger partial charge in [0.25, 0.3) is 0 Å². The fourth-order valence-corrected chi connectivity index (χ4v) is 13.0. The summed E-state index contributed by atoms with van der Waals surface area (Å²) >= 11 is 0. The molecule has 2 spiro atoms. The minimum absolute atomic E-state index is 0. The average molecular weight is 1250 g/mol. The van der Waals surface area contributed by atoms with Crippen LogP contribution in [-0.2, 0) is 66.8 Å². The first-order valence-electron chi connectivity index (χ1n) is 31.0. The van der Waals surface area contributed by atoms with E-state index in [0.29, 0.717) is 83.5 Å². The summed E-state index contributed by atoms with van der Waals surface area (Å²) < 4.78 is 32.8. The van der Waals surface area contributed by atoms with E-state index in [9.17, 15) is 48.6 Å². The van der Waals surface area contributed by atoms with Crippen molar-refractivity contribution < 1.29 is 97.6 Å². The Morgan fingerprint density at radius 3 is 1.20 bits per heavy atom. The lowest BCUT2D eigenvalue weighted by Crippen LogP contribution is -2.49. The van der Waals surface area contributed by atoms with E-state index in [1.807, 2.05) is 0 Å². The van der Waals surface area contributed by atoms with Crippen LogP contribution in [0.25, 0.3) is 0 Å². The first-order valence-corrected chi connectivity index (χ1v) is 31.0. The molecule has 0 aromatic rings. The van der Waals surface area contributed by atoms with Crippen LogP contribution < -0.4 is 11.0 Å². The zero-order valence-corrected chi connectivity index (χ0v) is 52.9. The maximum Gasteiger partial charge on any atom is 0.310 e. The highest BCUT2D eigenvalue weighted by molar-refractivity contribution is 5.88. The third-order valence-corrected chi connectivity index (χ3v) is 17.2. The van der Waals surface area contributed by atoms with Crippen LogP contribution in [0, 0.1) is 47.3 Å². The standard InChI is InChI=1S/C18H32O6.C17H30O6.2C13H21NO4.C2H4.2CH4/c1-5-23-15(20)13-8-10-18(22,9-6-7-11-19)12-14(13)16(21)24-17(2,3)4;1-5-22-14(19)12-7-9-17(21,8-6-10-18)11-13(12)15(20)23-16(2,3)4;1-9(15)11-8-13(5-2-3-7-18-13)6-4-10(11)12(16)14-17;1-9(15)10-4-6-13(5-2-3-7-18-13)8-11(10)12(16)14-17;1-2;;/h13-14,19,22H,5-12H2,1-4H3;12-13,18,21H,5-11H2,1-4H3;2*10-11,17H,2-8H2,1H3,(H,14,16);1-2H2;2*1H4/t13-,14-,18?;12-,13-,17?;2*10-,11+,13?;;;/m0001.../s1. The molecule has 0 aromatic heterocycles. The molecule has 506 valence electrons. The van der Waals surface area contributed by atoms with Gasteiger partial charge < -0.3 is 48.8 Å². The van der Waals surface area contributed by atoms with Crippen molar-refractivity contribution in [3.63, 3.8) is 0 Å². The smallest absolute Gasteiger partial charge is 0.310 e. The first kappa shape index (κ1) is 82.6. The van der Waals surface area contributed by atoms with Crippen LogP contribution >= 0.6 is 0 Å². The van der Waals surface area contributed by atoms with Crippen molar-refractivity contribution in [2.45, 2.75) is 265 Å². The molecular formula is C65H116N2O20. The van der Waals surface area contributed by atoms with Crippen molar-refractivity contribution in [2.75, 3.05) is 39.6 Å². The summed E-state index contributed by atoms with van der Waals surface area (Å²) in [5.41, 5.74) is -0.437. The molecule has 2 heterocycles. The molecule has 87 heavy (non-hydrogen) atoms. The molecule has 22 nitrogen and oxygen atoms in total. The molecule has 6 fully saturated rings. The minimum Gasteiger partial charge on any atom is -0.466 e. The molecule has 0 aromatic carbocycles. The number of carbonyl (C=O) groups is 8. The Labute approximate surface area is 519 Å². The largest absolute Gasteiger partial charge is 0.466 e. The Balaban J connectivity index is 0.00000112. The van der Waals surface area contributed by atoms with Crippen LogP contribution in [0.1, 0.15) is 232 Å². The highest BCUT2D eigenvalue weighted by Gasteiger charge is 2.51. The van der Waals surface area contributed by atoms with Gasteiger partial charge in [0.15, 0.2) is 0 Å². The molecule has 6 aliphatic rings. The van der Waals surface area contributed by atoms with E-state index in [0.717, 1.165) is 64.6 Å². The van der Waals surface area contributed by atoms with Crippen molar-refractivity contribution in [3.8, 4) is 0 Å². The van der Waals surface area contributed by atoms with Gasteiger partial charge in [-0.3, -0.25) is 48.8 Å². The number of hydroxylamine groups is 2. The summed E-state index contributed by atoms with van der Waals surface area (Å²) in [4.78, 5) is 96.1. The van der Waals surface area contributed by atoms with E-state index in [1.54, 1.807) is 66.4 Å². The monoisotopic (exact) mass is 1240 g/mol. The maximum atomic E-state index is 12.6. The molecule has 2 amide bonds. The van der Waals surface area contributed by atoms with Gasteiger partial charge >= 0.3 is 23.9 Å². The Hall–Kier alpha value is -4.42. The fourth-order valence-electron chi connectivity index (χ4n) is 13.0. The van der Waals surface area contributed by atoms with Crippen molar-refractivity contribution in [2.24, 2.45) is 47.3 Å². The third kappa shape index (κ3) is 26.9. The summed E-state index contributed by atoms with van der Waals surface area (Å²) in [7, 11) is 0. The predicted octanol–water partition coefficient (Wildman–Crippen LogP) is 8.96. The SMILES string of the molecule is C.C.C=C.CC(=O)[C@H]1CC2(CCCCO2)CC[C@@H]1C(=O)NO.CC(=O)[C@H]1CCC2(CCCCO2)C[C@@H]1C(=O)NO.CCOC(=O)[C@H]1CCC(O)(CCCCO)C[C@@H]1C(=O)OC(C)(C)C.CCOC(=O)[C@H]1CCC(O)(CCCO)C[C@@H]1C(=O)OC(C)(C)C. The number of hydrogen-bond donors (Lipinski definition) is 8. The molecule has 4 aliphatic carbocycles. The quantitative estimate of drug-likeness (QED) is 0.0168. The molecule has 0 bridgehead atoms. The van der Waals surface area contributed by atoms with Crippen LogP contribution in [0.5, 0.6) is 0 Å². The van der Waals surface area contributed by atoms with Gasteiger partial charge in [0, 0.05) is 44.2 Å². The number of aliphatic hydroxyl groups is 4. The Morgan fingerprint density at radius 2 is 0.851 bits per heavy atom. The van der Waals surface area contributed by atoms with Crippen molar-refractivity contribution >= 4 is 47.3 Å². The molecular weight excluding hydrogens is 1130 g/mol. The Kier molecular flexibility index (Phi) is 37.0. The lowest BCUT2D eigenvalue weighted by molar-refractivity contribution is -0.176. The highest BCUT2D eigenvalue weighted by Crippen LogP contribution is 2.47. The Morgan fingerprint density at radius 1 is 0.483 bits per heavy atom. The summed E-state index contributed by atoms with van der Waals surface area (Å²) in [5, 5.41) is 56.9. The fraction of sp³-hybridized carbons (Fsp3) is 0.846. The van der Waals surface area contributed by atoms with E-state index in [4.69, 9.17) is 49.0 Å². The molecule has 22 heteroatoms. The van der Waals surface area contributed by atoms with Gasteiger partial charge in [-0.25, -0.2) is 11.0 Å².